The summed E-state index contributed by atoms with van der Waals surface area (Å²) in [6, 6.07) is 17.9. The lowest BCUT2D eigenvalue weighted by molar-refractivity contribution is -0.268. The van der Waals surface area contributed by atoms with Gasteiger partial charge in [0.25, 0.3) is 5.91 Å². The Morgan fingerprint density at radius 3 is 1.88 bits per heavy atom. The van der Waals surface area contributed by atoms with Gasteiger partial charge in [-0.05, 0) is 73.2 Å². The van der Waals surface area contributed by atoms with E-state index >= 15 is 0 Å². The van der Waals surface area contributed by atoms with Crippen LogP contribution in [0.15, 0.2) is 84.9 Å². The Bertz CT molecular complexity index is 2000. The van der Waals surface area contributed by atoms with E-state index < -0.39 is 51.3 Å². The summed E-state index contributed by atoms with van der Waals surface area (Å²) in [5.41, 5.74) is -0.0606. The van der Waals surface area contributed by atoms with Crippen LogP contribution in [0.5, 0.6) is 17.2 Å². The molecule has 308 valence electrons. The summed E-state index contributed by atoms with van der Waals surface area (Å²) in [4.78, 5) is 70.5. The maximum absolute atomic E-state index is 14.5. The number of Topliss-reactive ketones (excluding diaryl/α,β-unsaturated/α-hetero) is 1. The molecule has 0 aromatic heterocycles. The molecule has 1 unspecified atom stereocenters. The molecule has 14 heteroatoms. The summed E-state index contributed by atoms with van der Waals surface area (Å²) in [7, 11) is 2.77. The second-order valence-corrected chi connectivity index (χ2v) is 14.3. The Morgan fingerprint density at radius 1 is 0.707 bits per heavy atom. The number of esters is 1. The van der Waals surface area contributed by atoms with Crippen LogP contribution in [-0.4, -0.2) is 56.3 Å². The lowest BCUT2D eigenvalue weighted by Gasteiger charge is -2.31. The Labute approximate surface area is 348 Å². The second-order valence-electron chi connectivity index (χ2n) is 13.5. The maximum Gasteiger partial charge on any atom is 0.338 e. The van der Waals surface area contributed by atoms with Crippen LogP contribution in [0.2, 0.25) is 10.0 Å². The topological polar surface area (TPSA) is 163 Å². The maximum atomic E-state index is 14.5. The van der Waals surface area contributed by atoms with Crippen molar-refractivity contribution in [1.82, 2.24) is 0 Å². The van der Waals surface area contributed by atoms with Gasteiger partial charge in [-0.15, -0.1) is 0 Å². The largest absolute Gasteiger partial charge is 0.870 e. The molecule has 0 saturated heterocycles. The lowest BCUT2D eigenvalue weighted by Crippen LogP contribution is -2.55. The van der Waals surface area contributed by atoms with Crippen LogP contribution in [0.4, 0.5) is 17.1 Å². The van der Waals surface area contributed by atoms with Gasteiger partial charge in [0.1, 0.15) is 11.5 Å². The summed E-state index contributed by atoms with van der Waals surface area (Å²) < 4.78 is 16.2. The van der Waals surface area contributed by atoms with Crippen molar-refractivity contribution in [3.05, 3.63) is 106 Å². The zero-order chi connectivity index (χ0) is 42.0. The molecule has 0 spiro atoms. The van der Waals surface area contributed by atoms with E-state index in [1.807, 2.05) is 0 Å². The fraction of sp³-hybridized carbons (Fsp3) is 0.341. The first-order valence-corrected chi connectivity index (χ1v) is 19.9. The highest BCUT2D eigenvalue weighted by Crippen LogP contribution is 2.36. The van der Waals surface area contributed by atoms with Crippen molar-refractivity contribution in [1.29, 1.82) is 0 Å². The van der Waals surface area contributed by atoms with E-state index in [0.717, 1.165) is 31.4 Å². The van der Waals surface area contributed by atoms with E-state index in [0.29, 0.717) is 17.1 Å². The molecule has 0 saturated carbocycles. The van der Waals surface area contributed by atoms with Crippen LogP contribution in [0, 0.1) is 0 Å². The van der Waals surface area contributed by atoms with Gasteiger partial charge in [0, 0.05) is 27.0 Å². The zero-order valence-electron chi connectivity index (χ0n) is 32.8. The van der Waals surface area contributed by atoms with E-state index in [2.05, 4.69) is 17.6 Å². The van der Waals surface area contributed by atoms with E-state index in [1.54, 1.807) is 18.2 Å². The number of hydrogen-bond donors (Lipinski definition) is 2. The number of methoxy groups -OCH3 is 2. The highest BCUT2D eigenvalue weighted by molar-refractivity contribution is 6.47. The number of amides is 3. The molecule has 0 bridgehead atoms. The molecule has 4 rings (SSSR count). The molecule has 0 fully saturated rings. The molecule has 3 amide bonds. The van der Waals surface area contributed by atoms with E-state index in [9.17, 15) is 29.1 Å². The number of anilines is 3. The second kappa shape index (κ2) is 23.0. The van der Waals surface area contributed by atoms with Crippen molar-refractivity contribution in [2.75, 3.05) is 36.4 Å². The molecule has 0 aliphatic carbocycles. The summed E-state index contributed by atoms with van der Waals surface area (Å²) in [5.74, 6) is -5.56. The third kappa shape index (κ3) is 12.7. The first-order chi connectivity index (χ1) is 28.0. The SMILES string of the molecule is CCCCCCCCCCCCOC(=O)c1ccc(OC)c(NC(=O)C(C(=O)c2ccc(OC)cc2)N(C(=O)C(=O)Nc2ccccc2)c2cc(Cl)c([O-])c(Cl)c2)c1. The Balaban J connectivity index is 1.63. The van der Waals surface area contributed by atoms with Gasteiger partial charge in [-0.3, -0.25) is 24.1 Å². The summed E-state index contributed by atoms with van der Waals surface area (Å²) in [5, 5.41) is 16.7. The first-order valence-electron chi connectivity index (χ1n) is 19.2. The van der Waals surface area contributed by atoms with Crippen LogP contribution < -0.4 is 30.1 Å². The van der Waals surface area contributed by atoms with E-state index in [-0.39, 0.29) is 40.5 Å². The zero-order valence-corrected chi connectivity index (χ0v) is 34.3. The molecule has 58 heavy (non-hydrogen) atoms. The molecule has 1 atom stereocenters. The third-order valence-corrected chi connectivity index (χ3v) is 9.82. The third-order valence-electron chi connectivity index (χ3n) is 9.26. The minimum Gasteiger partial charge on any atom is -0.870 e. The van der Waals surface area contributed by atoms with Crippen molar-refractivity contribution in [3.8, 4) is 17.2 Å². The van der Waals surface area contributed by atoms with Crippen molar-refractivity contribution in [2.24, 2.45) is 0 Å². The fourth-order valence-corrected chi connectivity index (χ4v) is 6.60. The molecule has 4 aromatic rings. The number of carbonyl (C=O) groups excluding carboxylic acids is 5. The van der Waals surface area contributed by atoms with Crippen molar-refractivity contribution in [3.63, 3.8) is 0 Å². The van der Waals surface area contributed by atoms with Crippen molar-refractivity contribution in [2.45, 2.75) is 77.2 Å². The average Bonchev–Trinajstić information content (AvgIpc) is 3.23. The van der Waals surface area contributed by atoms with Crippen LogP contribution in [0.3, 0.4) is 0 Å². The molecule has 0 heterocycles. The van der Waals surface area contributed by atoms with Crippen LogP contribution >= 0.6 is 23.2 Å². The van der Waals surface area contributed by atoms with Gasteiger partial charge in [0.15, 0.2) is 11.8 Å². The fourth-order valence-electron chi connectivity index (χ4n) is 6.12. The van der Waals surface area contributed by atoms with Crippen LogP contribution in [0.25, 0.3) is 0 Å². The minimum atomic E-state index is -2.12. The predicted octanol–water partition coefficient (Wildman–Crippen LogP) is 9.02. The Morgan fingerprint density at radius 2 is 1.29 bits per heavy atom. The first kappa shape index (κ1) is 45.1. The van der Waals surface area contributed by atoms with Gasteiger partial charge in [0.05, 0.1) is 32.1 Å². The van der Waals surface area contributed by atoms with Gasteiger partial charge >= 0.3 is 17.8 Å². The number of nitrogens with zero attached hydrogens (tertiary/aromatic N) is 1. The van der Waals surface area contributed by atoms with Crippen molar-refractivity contribution >= 4 is 69.7 Å². The number of nitrogens with one attached hydrogen (secondary N) is 2. The normalized spacial score (nSPS) is 11.3. The molecular weight excluding hydrogens is 785 g/mol. The number of hydrogen-bond acceptors (Lipinski definition) is 9. The highest BCUT2D eigenvalue weighted by atomic mass is 35.5. The number of ether oxygens (including phenoxy) is 3. The molecular formula is C44H48Cl2N3O9-. The monoisotopic (exact) mass is 832 g/mol. The van der Waals surface area contributed by atoms with Gasteiger partial charge in [-0.2, -0.15) is 0 Å². The highest BCUT2D eigenvalue weighted by Gasteiger charge is 2.41. The molecule has 12 nitrogen and oxygen atoms in total. The minimum absolute atomic E-state index is 0.0412. The lowest BCUT2D eigenvalue weighted by atomic mass is 10.00. The number of ketones is 1. The number of rotatable bonds is 21. The van der Waals surface area contributed by atoms with Gasteiger partial charge in [-0.25, -0.2) is 4.79 Å². The molecule has 4 aromatic carbocycles. The number of carbonyl (C=O) groups is 5. The summed E-state index contributed by atoms with van der Waals surface area (Å²) in [6.07, 6.45) is 11.3. The Kier molecular flexibility index (Phi) is 17.9. The number of halogens is 2. The van der Waals surface area contributed by atoms with Gasteiger partial charge in [-0.1, -0.05) is 112 Å². The molecule has 0 aliphatic rings. The van der Waals surface area contributed by atoms with Crippen LogP contribution in [-0.2, 0) is 19.1 Å². The number of unbranched alkanes of at least 4 members (excludes halogenated alkanes) is 9. The standard InChI is InChI=1S/C44H49Cl2N3O9/c1-4-5-6-7-8-9-10-11-12-16-25-58-44(55)30-21-24-37(57-3)36(26-30)48-41(52)38(39(50)29-19-22-33(56-2)23-20-29)49(32-27-34(45)40(51)35(46)28-32)43(54)42(53)47-31-17-14-13-15-18-31/h13-15,17-24,26-28,38,51H,4-12,16,25H2,1-3H3,(H,47,53)(H,48,52)/p-1. The van der Waals surface area contributed by atoms with Crippen molar-refractivity contribution < 1.29 is 43.3 Å². The summed E-state index contributed by atoms with van der Waals surface area (Å²) >= 11 is 12.4. The Hall–Kier alpha value is -5.59. The number of para-hydroxylation sites is 1. The van der Waals surface area contributed by atoms with E-state index in [4.69, 9.17) is 37.4 Å². The smallest absolute Gasteiger partial charge is 0.338 e. The quantitative estimate of drug-likeness (QED) is 0.0274. The molecule has 0 radical (unpaired) electrons. The summed E-state index contributed by atoms with van der Waals surface area (Å²) in [6.45, 7) is 2.41. The molecule has 2 N–H and O–H groups in total. The average molecular weight is 834 g/mol. The van der Waals surface area contributed by atoms with Gasteiger partial charge in [0.2, 0.25) is 0 Å². The van der Waals surface area contributed by atoms with Crippen LogP contribution in [0.1, 0.15) is 91.8 Å². The molecule has 0 aliphatic heterocycles. The number of benzene rings is 4. The van der Waals surface area contributed by atoms with Gasteiger partial charge < -0.3 is 30.0 Å². The predicted molar refractivity (Wildman–Crippen MR) is 223 cm³/mol. The van der Waals surface area contributed by atoms with E-state index in [1.165, 1.54) is 107 Å².